The van der Waals surface area contributed by atoms with E-state index in [9.17, 15) is 13.2 Å². The van der Waals surface area contributed by atoms with E-state index in [0.29, 0.717) is 18.7 Å². The van der Waals surface area contributed by atoms with Gasteiger partial charge in [-0.25, -0.2) is 8.42 Å². The smallest absolute Gasteiger partial charge is 0.251 e. The van der Waals surface area contributed by atoms with E-state index in [1.165, 1.54) is 10.4 Å². The predicted octanol–water partition coefficient (Wildman–Crippen LogP) is 3.42. The minimum absolute atomic E-state index is 0.0811. The molecule has 0 atom stereocenters. The highest BCUT2D eigenvalue weighted by Crippen LogP contribution is 2.27. The van der Waals surface area contributed by atoms with Gasteiger partial charge in [-0.3, -0.25) is 4.79 Å². The van der Waals surface area contributed by atoms with Crippen molar-refractivity contribution in [1.82, 2.24) is 9.62 Å². The van der Waals surface area contributed by atoms with Crippen LogP contribution < -0.4 is 5.32 Å². The summed E-state index contributed by atoms with van der Waals surface area (Å²) in [5, 5.41) is 3.03. The second kappa shape index (κ2) is 7.08. The van der Waals surface area contributed by atoms with Gasteiger partial charge in [0.2, 0.25) is 10.0 Å². The van der Waals surface area contributed by atoms with Gasteiger partial charge in [-0.2, -0.15) is 4.31 Å². The standard InChI is InChI=1S/C19H30N2O3S/c1-18(2,3)14-19(4,5)20-17(22)15-9-8-10-16(13-15)25(23,24)21-11-6-7-12-21/h8-10,13H,6-7,11-12,14H2,1-5H3,(H,20,22). The molecule has 5 nitrogen and oxygen atoms in total. The van der Waals surface area contributed by atoms with E-state index in [-0.39, 0.29) is 21.8 Å². The molecule has 1 fully saturated rings. The van der Waals surface area contributed by atoms with Gasteiger partial charge < -0.3 is 5.32 Å². The monoisotopic (exact) mass is 366 g/mol. The first kappa shape index (κ1) is 19.9. The third-order valence-electron chi connectivity index (χ3n) is 4.22. The Morgan fingerprint density at radius 3 is 2.28 bits per heavy atom. The van der Waals surface area contributed by atoms with Crippen LogP contribution in [0.5, 0.6) is 0 Å². The zero-order chi connectivity index (χ0) is 18.9. The van der Waals surface area contributed by atoms with Crippen LogP contribution in [0.25, 0.3) is 0 Å². The van der Waals surface area contributed by atoms with Crippen molar-refractivity contribution in [3.63, 3.8) is 0 Å². The lowest BCUT2D eigenvalue weighted by molar-refractivity contribution is 0.0891. The van der Waals surface area contributed by atoms with Crippen molar-refractivity contribution in [2.75, 3.05) is 13.1 Å². The summed E-state index contributed by atoms with van der Waals surface area (Å²) < 4.78 is 26.8. The number of amides is 1. The van der Waals surface area contributed by atoms with Gasteiger partial charge in [0, 0.05) is 24.2 Å². The maximum absolute atomic E-state index is 12.7. The minimum Gasteiger partial charge on any atom is -0.347 e. The summed E-state index contributed by atoms with van der Waals surface area (Å²) in [7, 11) is -3.51. The first-order chi connectivity index (χ1) is 11.4. The van der Waals surface area contributed by atoms with Crippen LogP contribution in [-0.2, 0) is 10.0 Å². The van der Waals surface area contributed by atoms with Gasteiger partial charge in [0.25, 0.3) is 5.91 Å². The van der Waals surface area contributed by atoms with Gasteiger partial charge in [0.1, 0.15) is 0 Å². The van der Waals surface area contributed by atoms with Crippen molar-refractivity contribution in [2.24, 2.45) is 5.41 Å². The Bertz CT molecular complexity index is 727. The normalized spacial score (nSPS) is 16.8. The molecular formula is C19H30N2O3S. The molecule has 1 aliphatic rings. The van der Waals surface area contributed by atoms with E-state index in [0.717, 1.165) is 19.3 Å². The van der Waals surface area contributed by atoms with Crippen molar-refractivity contribution in [3.8, 4) is 0 Å². The Balaban J connectivity index is 2.19. The van der Waals surface area contributed by atoms with Crippen molar-refractivity contribution >= 4 is 15.9 Å². The fourth-order valence-electron chi connectivity index (χ4n) is 3.62. The average Bonchev–Trinajstić information content (AvgIpc) is 2.99. The van der Waals surface area contributed by atoms with Crippen LogP contribution in [0.15, 0.2) is 29.2 Å². The summed E-state index contributed by atoms with van der Waals surface area (Å²) in [5.74, 6) is -0.243. The van der Waals surface area contributed by atoms with Crippen molar-refractivity contribution in [2.45, 2.75) is 64.3 Å². The summed E-state index contributed by atoms with van der Waals surface area (Å²) in [6.45, 7) is 11.5. The summed E-state index contributed by atoms with van der Waals surface area (Å²) in [6, 6.07) is 6.33. The highest BCUT2D eigenvalue weighted by atomic mass is 32.2. The quantitative estimate of drug-likeness (QED) is 0.868. The molecule has 1 aromatic rings. The van der Waals surface area contributed by atoms with Gasteiger partial charge in [0.15, 0.2) is 0 Å². The molecule has 2 rings (SSSR count). The third kappa shape index (κ3) is 5.28. The summed E-state index contributed by atoms with van der Waals surface area (Å²) in [4.78, 5) is 12.8. The van der Waals surface area contributed by atoms with E-state index in [2.05, 4.69) is 26.1 Å². The first-order valence-electron chi connectivity index (χ1n) is 8.84. The molecule has 0 unspecified atom stereocenters. The van der Waals surface area contributed by atoms with E-state index < -0.39 is 10.0 Å². The predicted molar refractivity (Wildman–Crippen MR) is 100 cm³/mol. The minimum atomic E-state index is -3.51. The van der Waals surface area contributed by atoms with Crippen LogP contribution in [0.3, 0.4) is 0 Å². The van der Waals surface area contributed by atoms with Gasteiger partial charge in [-0.05, 0) is 56.7 Å². The molecule has 0 saturated carbocycles. The molecule has 25 heavy (non-hydrogen) atoms. The zero-order valence-electron chi connectivity index (χ0n) is 15.9. The van der Waals surface area contributed by atoms with Gasteiger partial charge in [-0.1, -0.05) is 26.8 Å². The molecular weight excluding hydrogens is 336 g/mol. The number of hydrogen-bond donors (Lipinski definition) is 1. The van der Waals surface area contributed by atoms with Crippen LogP contribution >= 0.6 is 0 Å². The Morgan fingerprint density at radius 1 is 1.12 bits per heavy atom. The number of nitrogens with one attached hydrogen (secondary N) is 1. The lowest BCUT2D eigenvalue weighted by Crippen LogP contribution is -2.45. The number of rotatable bonds is 5. The number of carbonyl (C=O) groups is 1. The highest BCUT2D eigenvalue weighted by Gasteiger charge is 2.29. The van der Waals surface area contributed by atoms with Crippen molar-refractivity contribution < 1.29 is 13.2 Å². The Hall–Kier alpha value is -1.40. The third-order valence-corrected chi connectivity index (χ3v) is 6.12. The maximum Gasteiger partial charge on any atom is 0.251 e. The Labute approximate surface area is 151 Å². The lowest BCUT2D eigenvalue weighted by atomic mass is 9.81. The van der Waals surface area contributed by atoms with E-state index in [4.69, 9.17) is 0 Å². The summed E-state index contributed by atoms with van der Waals surface area (Å²) in [6.07, 6.45) is 2.60. The molecule has 0 aromatic heterocycles. The summed E-state index contributed by atoms with van der Waals surface area (Å²) in [5.41, 5.74) is 0.0823. The Kier molecular flexibility index (Phi) is 5.64. The van der Waals surface area contributed by atoms with E-state index in [1.807, 2.05) is 13.8 Å². The van der Waals surface area contributed by atoms with Crippen molar-refractivity contribution in [1.29, 1.82) is 0 Å². The molecule has 1 aromatic carbocycles. The number of benzene rings is 1. The van der Waals surface area contributed by atoms with Gasteiger partial charge in [-0.15, -0.1) is 0 Å². The average molecular weight is 367 g/mol. The van der Waals surface area contributed by atoms with Crippen LogP contribution in [0.2, 0.25) is 0 Å². The Morgan fingerprint density at radius 2 is 1.72 bits per heavy atom. The molecule has 0 spiro atoms. The molecule has 1 amide bonds. The van der Waals surface area contributed by atoms with Crippen molar-refractivity contribution in [3.05, 3.63) is 29.8 Å². The maximum atomic E-state index is 12.7. The summed E-state index contributed by atoms with van der Waals surface area (Å²) >= 11 is 0. The number of sulfonamides is 1. The molecule has 1 N–H and O–H groups in total. The fourth-order valence-corrected chi connectivity index (χ4v) is 5.19. The van der Waals surface area contributed by atoms with Crippen LogP contribution in [0.1, 0.15) is 64.2 Å². The SMILES string of the molecule is CC(C)(C)CC(C)(C)NC(=O)c1cccc(S(=O)(=O)N2CCCC2)c1. The second-order valence-electron chi connectivity index (χ2n) is 8.71. The second-order valence-corrected chi connectivity index (χ2v) is 10.7. The first-order valence-corrected chi connectivity index (χ1v) is 10.3. The topological polar surface area (TPSA) is 66.5 Å². The zero-order valence-corrected chi connectivity index (χ0v) is 16.7. The highest BCUT2D eigenvalue weighted by molar-refractivity contribution is 7.89. The van der Waals surface area contributed by atoms with Gasteiger partial charge >= 0.3 is 0 Å². The van der Waals surface area contributed by atoms with E-state index >= 15 is 0 Å². The molecule has 0 bridgehead atoms. The molecule has 0 aliphatic carbocycles. The number of nitrogens with zero attached hydrogens (tertiary/aromatic N) is 1. The molecule has 1 aliphatic heterocycles. The van der Waals surface area contributed by atoms with Crippen LogP contribution in [-0.4, -0.2) is 37.3 Å². The van der Waals surface area contributed by atoms with Gasteiger partial charge in [0.05, 0.1) is 4.90 Å². The molecule has 140 valence electrons. The molecule has 1 saturated heterocycles. The fraction of sp³-hybridized carbons (Fsp3) is 0.632. The lowest BCUT2D eigenvalue weighted by Gasteiger charge is -2.33. The van der Waals surface area contributed by atoms with Crippen LogP contribution in [0, 0.1) is 5.41 Å². The molecule has 6 heteroatoms. The van der Waals surface area contributed by atoms with E-state index in [1.54, 1.807) is 18.2 Å². The molecule has 1 heterocycles. The number of hydrogen-bond acceptors (Lipinski definition) is 3. The molecule has 0 radical (unpaired) electrons. The number of carbonyl (C=O) groups excluding carboxylic acids is 1. The largest absolute Gasteiger partial charge is 0.347 e. The van der Waals surface area contributed by atoms with Crippen LogP contribution in [0.4, 0.5) is 0 Å².